The summed E-state index contributed by atoms with van der Waals surface area (Å²) in [6, 6.07) is 0. The molecular formula is C31H51NO6S8. The number of imide groups is 1. The zero-order valence-electron chi connectivity index (χ0n) is 28.4. The number of amides is 2. The summed E-state index contributed by atoms with van der Waals surface area (Å²) >= 11 is 16.7. The van der Waals surface area contributed by atoms with Gasteiger partial charge in [0.05, 0.1) is 11.3 Å². The summed E-state index contributed by atoms with van der Waals surface area (Å²) in [4.78, 5) is 54.3. The molecule has 0 aromatic heterocycles. The van der Waals surface area contributed by atoms with Crippen LogP contribution in [0.5, 0.6) is 0 Å². The van der Waals surface area contributed by atoms with Crippen LogP contribution in [0.2, 0.25) is 0 Å². The fourth-order valence-electron chi connectivity index (χ4n) is 4.07. The summed E-state index contributed by atoms with van der Waals surface area (Å²) in [6.07, 6.45) is 4.95. The highest BCUT2D eigenvalue weighted by Crippen LogP contribution is 2.44. The lowest BCUT2D eigenvalue weighted by Gasteiger charge is -2.30. The standard InChI is InChI=1S/C31H51NO6S8/c1-9-11-17-41-28(39)45-23-22(24(33)32(25(23)34)14-13-21(3)4)30(5,6)26(35)37-15-19-43-44-20-16-38-27(36)31(7,8)46-29(40)42-18-12-10-2/h21-23H,9-20H2,1-8H3. The Balaban J connectivity index is 2.60. The molecule has 1 aliphatic heterocycles. The molecule has 2 unspecified atom stereocenters. The molecule has 15 heteroatoms. The highest BCUT2D eigenvalue weighted by Gasteiger charge is 2.57. The number of carbonyl (C=O) groups excluding carboxylic acids is 4. The monoisotopic (exact) mass is 789 g/mol. The number of rotatable bonds is 21. The van der Waals surface area contributed by atoms with Gasteiger partial charge in [0.2, 0.25) is 11.8 Å². The Kier molecular flexibility index (Phi) is 22.1. The molecule has 2 amide bonds. The van der Waals surface area contributed by atoms with Crippen molar-refractivity contribution in [3.05, 3.63) is 0 Å². The Bertz CT molecular complexity index is 1040. The van der Waals surface area contributed by atoms with Crippen molar-refractivity contribution in [3.8, 4) is 0 Å². The van der Waals surface area contributed by atoms with Gasteiger partial charge < -0.3 is 9.47 Å². The molecule has 0 aromatic rings. The van der Waals surface area contributed by atoms with Gasteiger partial charge in [0.15, 0.2) is 0 Å². The third kappa shape index (κ3) is 15.5. The van der Waals surface area contributed by atoms with E-state index in [0.717, 1.165) is 40.7 Å². The van der Waals surface area contributed by atoms with Gasteiger partial charge in [-0.2, -0.15) is 0 Å². The van der Waals surface area contributed by atoms with Crippen LogP contribution in [0.15, 0.2) is 0 Å². The molecule has 1 aliphatic rings. The fourth-order valence-corrected chi connectivity index (χ4v) is 11.9. The first-order chi connectivity index (χ1) is 21.6. The largest absolute Gasteiger partial charge is 0.464 e. The van der Waals surface area contributed by atoms with E-state index in [1.165, 1.54) is 61.8 Å². The van der Waals surface area contributed by atoms with Gasteiger partial charge in [0, 0.05) is 18.1 Å². The Morgan fingerprint density at radius 3 is 1.87 bits per heavy atom. The molecule has 0 N–H and O–H groups in total. The van der Waals surface area contributed by atoms with Crippen LogP contribution in [0.1, 0.15) is 87.5 Å². The maximum Gasteiger partial charge on any atom is 0.322 e. The number of hydrogen-bond acceptors (Lipinski definition) is 14. The van der Waals surface area contributed by atoms with Crippen LogP contribution < -0.4 is 0 Å². The molecule has 0 bridgehead atoms. The number of unbranched alkanes of at least 4 members (excludes halogenated alkanes) is 2. The number of carbonyl (C=O) groups is 4. The molecule has 46 heavy (non-hydrogen) atoms. The molecule has 0 saturated carbocycles. The molecule has 0 spiro atoms. The Morgan fingerprint density at radius 2 is 1.35 bits per heavy atom. The average molecular weight is 790 g/mol. The Hall–Kier alpha value is 0.360. The van der Waals surface area contributed by atoms with Crippen molar-refractivity contribution < 1.29 is 28.7 Å². The predicted molar refractivity (Wildman–Crippen MR) is 213 cm³/mol. The van der Waals surface area contributed by atoms with E-state index in [0.29, 0.717) is 33.9 Å². The Labute approximate surface area is 312 Å². The molecule has 0 radical (unpaired) electrons. The van der Waals surface area contributed by atoms with E-state index in [-0.39, 0.29) is 31.0 Å². The van der Waals surface area contributed by atoms with Crippen molar-refractivity contribution in [1.29, 1.82) is 0 Å². The van der Waals surface area contributed by atoms with E-state index in [2.05, 4.69) is 13.8 Å². The second-order valence-corrected chi connectivity index (χ2v) is 22.2. The first-order valence-electron chi connectivity index (χ1n) is 15.7. The summed E-state index contributed by atoms with van der Waals surface area (Å²) in [7, 11) is 3.04. The van der Waals surface area contributed by atoms with E-state index >= 15 is 0 Å². The van der Waals surface area contributed by atoms with Gasteiger partial charge >= 0.3 is 11.9 Å². The number of hydrogen-bond donors (Lipinski definition) is 0. The quantitative estimate of drug-likeness (QED) is 0.0365. The normalized spacial score (nSPS) is 17.1. The van der Waals surface area contributed by atoms with Gasteiger partial charge in [-0.1, -0.05) is 110 Å². The van der Waals surface area contributed by atoms with Crippen molar-refractivity contribution >= 4 is 124 Å². The minimum atomic E-state index is -1.21. The van der Waals surface area contributed by atoms with E-state index in [4.69, 9.17) is 33.9 Å². The van der Waals surface area contributed by atoms with Gasteiger partial charge in [-0.3, -0.25) is 24.1 Å². The van der Waals surface area contributed by atoms with E-state index in [1.807, 2.05) is 27.7 Å². The van der Waals surface area contributed by atoms with Crippen molar-refractivity contribution in [1.82, 2.24) is 4.90 Å². The summed E-state index contributed by atoms with van der Waals surface area (Å²) < 4.78 is 11.7. The third-order valence-electron chi connectivity index (χ3n) is 6.95. The Morgan fingerprint density at radius 1 is 0.826 bits per heavy atom. The molecule has 0 aromatic carbocycles. The van der Waals surface area contributed by atoms with Crippen LogP contribution in [-0.4, -0.2) is 88.5 Å². The van der Waals surface area contributed by atoms with Crippen molar-refractivity contribution in [2.45, 2.75) is 97.5 Å². The van der Waals surface area contributed by atoms with Gasteiger partial charge in [-0.15, -0.1) is 23.5 Å². The molecule has 0 aliphatic carbocycles. The summed E-state index contributed by atoms with van der Waals surface area (Å²) in [5.74, 6) is 0.979. The van der Waals surface area contributed by atoms with E-state index in [1.54, 1.807) is 25.6 Å². The predicted octanol–water partition coefficient (Wildman–Crippen LogP) is 8.76. The summed E-state index contributed by atoms with van der Waals surface area (Å²) in [6.45, 7) is 16.1. The zero-order valence-corrected chi connectivity index (χ0v) is 34.9. The van der Waals surface area contributed by atoms with Gasteiger partial charge in [-0.05, 0) is 64.4 Å². The van der Waals surface area contributed by atoms with E-state index < -0.39 is 27.3 Å². The number of thioether (sulfide) groups is 4. The lowest BCUT2D eigenvalue weighted by molar-refractivity contribution is -0.159. The minimum Gasteiger partial charge on any atom is -0.464 e. The van der Waals surface area contributed by atoms with Crippen LogP contribution >= 0.6 is 93.1 Å². The lowest BCUT2D eigenvalue weighted by Crippen LogP contribution is -2.43. The van der Waals surface area contributed by atoms with Crippen LogP contribution in [0, 0.1) is 17.3 Å². The van der Waals surface area contributed by atoms with Gasteiger partial charge in [0.1, 0.15) is 30.3 Å². The molecule has 1 rings (SSSR count). The second-order valence-electron chi connectivity index (χ2n) is 12.2. The van der Waals surface area contributed by atoms with Crippen LogP contribution in [0.25, 0.3) is 0 Å². The molecule has 1 fully saturated rings. The van der Waals surface area contributed by atoms with Crippen LogP contribution in [0.4, 0.5) is 0 Å². The maximum atomic E-state index is 13.6. The summed E-state index contributed by atoms with van der Waals surface area (Å²) in [5.41, 5.74) is -1.21. The zero-order chi connectivity index (χ0) is 34.9. The first-order valence-corrected chi connectivity index (χ1v) is 22.7. The first kappa shape index (κ1) is 44.4. The maximum absolute atomic E-state index is 13.6. The lowest BCUT2D eigenvalue weighted by atomic mass is 9.77. The molecule has 2 atom stereocenters. The highest BCUT2D eigenvalue weighted by molar-refractivity contribution is 8.76. The highest BCUT2D eigenvalue weighted by atomic mass is 33.1. The van der Waals surface area contributed by atoms with Crippen LogP contribution in [0.3, 0.4) is 0 Å². The molecule has 1 saturated heterocycles. The van der Waals surface area contributed by atoms with Crippen LogP contribution in [-0.2, 0) is 28.7 Å². The molecule has 264 valence electrons. The number of esters is 2. The number of thiocarbonyl (C=S) groups is 2. The third-order valence-corrected chi connectivity index (χ3v) is 15.0. The topological polar surface area (TPSA) is 90.0 Å². The molecule has 7 nitrogen and oxygen atoms in total. The molecule has 1 heterocycles. The second kappa shape index (κ2) is 23.0. The number of likely N-dealkylation sites (tertiary alicyclic amines) is 1. The van der Waals surface area contributed by atoms with Gasteiger partial charge in [0.25, 0.3) is 0 Å². The van der Waals surface area contributed by atoms with Crippen molar-refractivity contribution in [3.63, 3.8) is 0 Å². The number of nitrogens with zero attached hydrogens (tertiary/aromatic N) is 1. The van der Waals surface area contributed by atoms with E-state index in [9.17, 15) is 19.2 Å². The van der Waals surface area contributed by atoms with Crippen molar-refractivity contribution in [2.24, 2.45) is 17.3 Å². The smallest absolute Gasteiger partial charge is 0.322 e. The summed E-state index contributed by atoms with van der Waals surface area (Å²) in [5, 5.41) is -0.754. The molecular weight excluding hydrogens is 739 g/mol. The van der Waals surface area contributed by atoms with Crippen molar-refractivity contribution in [2.75, 3.05) is 42.8 Å². The SMILES string of the molecule is CCCCSC(=S)SC1C(=O)N(CCC(C)C)C(=O)C1C(C)(C)C(=O)OCCSSCCOC(=O)C(C)(C)SC(=S)SCCCC. The average Bonchev–Trinajstić information content (AvgIpc) is 3.21. The minimum absolute atomic E-state index is 0.158. The fraction of sp³-hybridized carbons (Fsp3) is 0.806. The number of ether oxygens (including phenoxy) is 2. The van der Waals surface area contributed by atoms with Gasteiger partial charge in [-0.25, -0.2) is 0 Å².